The Labute approximate surface area is 97.4 Å². The molecule has 1 aromatic carbocycles. The molecule has 0 saturated carbocycles. The molecule has 17 heavy (non-hydrogen) atoms. The van der Waals surface area contributed by atoms with Gasteiger partial charge < -0.3 is 16.0 Å². The smallest absolute Gasteiger partial charge is 0.326 e. The summed E-state index contributed by atoms with van der Waals surface area (Å²) in [7, 11) is 0. The molecule has 0 spiro atoms. The number of fused-ring (bicyclic) bond motifs is 1. The number of amides is 1. The molecule has 90 valence electrons. The number of hydrogen-bond acceptors (Lipinski definition) is 3. The van der Waals surface area contributed by atoms with Crippen LogP contribution in [-0.4, -0.2) is 22.0 Å². The number of nitrogens with zero attached hydrogens (tertiary/aromatic N) is 1. The second kappa shape index (κ2) is 4.32. The second-order valence-electron chi connectivity index (χ2n) is 3.84. The summed E-state index contributed by atoms with van der Waals surface area (Å²) in [4.78, 5) is 25.2. The van der Waals surface area contributed by atoms with Crippen molar-refractivity contribution in [2.75, 3.05) is 12.3 Å². The van der Waals surface area contributed by atoms with E-state index in [9.17, 15) is 9.59 Å². The average molecular weight is 234 g/mol. The van der Waals surface area contributed by atoms with Crippen LogP contribution in [0.25, 0.3) is 11.0 Å². The van der Waals surface area contributed by atoms with Gasteiger partial charge in [-0.2, -0.15) is 0 Å². The number of aromatic amines is 1. The summed E-state index contributed by atoms with van der Waals surface area (Å²) in [5.41, 5.74) is 7.58. The largest absolute Gasteiger partial charge is 0.399 e. The Morgan fingerprint density at radius 3 is 3.00 bits per heavy atom. The zero-order chi connectivity index (χ0) is 12.4. The molecule has 4 N–H and O–H groups in total. The monoisotopic (exact) mass is 234 g/mol. The van der Waals surface area contributed by atoms with E-state index in [0.29, 0.717) is 18.8 Å². The molecule has 0 bridgehead atoms. The number of carbonyl (C=O) groups is 1. The van der Waals surface area contributed by atoms with Crippen LogP contribution in [0.15, 0.2) is 23.0 Å². The van der Waals surface area contributed by atoms with Gasteiger partial charge in [-0.3, -0.25) is 9.36 Å². The maximum absolute atomic E-state index is 11.7. The standard InChI is InChI=1S/C11H14N4O2/c1-7(16)13-4-5-15-10-6-8(12)2-3-9(10)14-11(15)17/h2-3,6H,4-5,12H2,1H3,(H,13,16)(H,14,17). The predicted molar refractivity (Wildman–Crippen MR) is 65.7 cm³/mol. The Hall–Kier alpha value is -2.24. The van der Waals surface area contributed by atoms with Crippen LogP contribution in [0.5, 0.6) is 0 Å². The van der Waals surface area contributed by atoms with Crippen molar-refractivity contribution in [2.45, 2.75) is 13.5 Å². The van der Waals surface area contributed by atoms with E-state index in [1.54, 1.807) is 22.8 Å². The second-order valence-corrected chi connectivity index (χ2v) is 3.84. The van der Waals surface area contributed by atoms with E-state index in [2.05, 4.69) is 10.3 Å². The molecule has 0 saturated heterocycles. The molecule has 0 fully saturated rings. The van der Waals surface area contributed by atoms with Crippen molar-refractivity contribution in [1.82, 2.24) is 14.9 Å². The van der Waals surface area contributed by atoms with Crippen LogP contribution in [0.2, 0.25) is 0 Å². The Morgan fingerprint density at radius 1 is 1.53 bits per heavy atom. The molecule has 0 radical (unpaired) electrons. The number of anilines is 1. The number of nitrogens with one attached hydrogen (secondary N) is 2. The minimum absolute atomic E-state index is 0.114. The zero-order valence-corrected chi connectivity index (χ0v) is 9.49. The number of nitrogen functional groups attached to an aromatic ring is 1. The number of hydrogen-bond donors (Lipinski definition) is 3. The van der Waals surface area contributed by atoms with Gasteiger partial charge in [-0.15, -0.1) is 0 Å². The zero-order valence-electron chi connectivity index (χ0n) is 9.49. The first-order valence-corrected chi connectivity index (χ1v) is 5.30. The lowest BCUT2D eigenvalue weighted by molar-refractivity contribution is -0.118. The highest BCUT2D eigenvalue weighted by Crippen LogP contribution is 2.13. The number of nitrogens with two attached hydrogens (primary N) is 1. The maximum Gasteiger partial charge on any atom is 0.326 e. The summed E-state index contributed by atoms with van der Waals surface area (Å²) in [5, 5.41) is 2.65. The Morgan fingerprint density at radius 2 is 2.29 bits per heavy atom. The van der Waals surface area contributed by atoms with Crippen LogP contribution in [0.3, 0.4) is 0 Å². The topological polar surface area (TPSA) is 92.9 Å². The molecule has 0 aliphatic heterocycles. The molecule has 6 heteroatoms. The van der Waals surface area contributed by atoms with Crippen LogP contribution in [0.4, 0.5) is 5.69 Å². The summed E-state index contributed by atoms with van der Waals surface area (Å²) in [6, 6.07) is 5.23. The minimum Gasteiger partial charge on any atom is -0.399 e. The van der Waals surface area contributed by atoms with Crippen molar-refractivity contribution in [3.63, 3.8) is 0 Å². The highest BCUT2D eigenvalue weighted by atomic mass is 16.2. The first-order valence-electron chi connectivity index (χ1n) is 5.30. The van der Waals surface area contributed by atoms with Crippen molar-refractivity contribution in [2.24, 2.45) is 0 Å². The molecule has 0 aliphatic rings. The fraction of sp³-hybridized carbons (Fsp3) is 0.273. The van der Waals surface area contributed by atoms with Gasteiger partial charge in [0.2, 0.25) is 5.91 Å². The van der Waals surface area contributed by atoms with Crippen LogP contribution in [0, 0.1) is 0 Å². The van der Waals surface area contributed by atoms with Crippen LogP contribution < -0.4 is 16.7 Å². The lowest BCUT2D eigenvalue weighted by atomic mass is 10.3. The fourth-order valence-corrected chi connectivity index (χ4v) is 1.74. The molecular weight excluding hydrogens is 220 g/mol. The normalized spacial score (nSPS) is 10.6. The first-order chi connectivity index (χ1) is 8.08. The van der Waals surface area contributed by atoms with E-state index >= 15 is 0 Å². The molecule has 1 amide bonds. The molecule has 0 aliphatic carbocycles. The van der Waals surface area contributed by atoms with Gasteiger partial charge in [-0.05, 0) is 18.2 Å². The quantitative estimate of drug-likeness (QED) is 0.655. The molecule has 0 unspecified atom stereocenters. The molecule has 1 heterocycles. The maximum atomic E-state index is 11.7. The van der Waals surface area contributed by atoms with Crippen LogP contribution in [0.1, 0.15) is 6.92 Å². The Balaban J connectivity index is 2.32. The van der Waals surface area contributed by atoms with Gasteiger partial charge in [0.05, 0.1) is 11.0 Å². The van der Waals surface area contributed by atoms with Gasteiger partial charge in [0, 0.05) is 25.7 Å². The number of rotatable bonds is 3. The molecular formula is C11H14N4O2. The van der Waals surface area contributed by atoms with Gasteiger partial charge in [0.15, 0.2) is 0 Å². The highest BCUT2D eigenvalue weighted by Gasteiger charge is 2.06. The predicted octanol–water partition coefficient (Wildman–Crippen LogP) is 0.0479. The third-order valence-corrected chi connectivity index (χ3v) is 2.51. The van der Waals surface area contributed by atoms with E-state index < -0.39 is 0 Å². The van der Waals surface area contributed by atoms with Crippen molar-refractivity contribution in [3.8, 4) is 0 Å². The summed E-state index contributed by atoms with van der Waals surface area (Å²) >= 11 is 0. The van der Waals surface area contributed by atoms with Gasteiger partial charge >= 0.3 is 5.69 Å². The van der Waals surface area contributed by atoms with E-state index in [4.69, 9.17) is 5.73 Å². The SMILES string of the molecule is CC(=O)NCCn1c(=O)[nH]c2ccc(N)cc21. The van der Waals surface area contributed by atoms with Crippen molar-refractivity contribution < 1.29 is 4.79 Å². The summed E-state index contributed by atoms with van der Waals surface area (Å²) in [5.74, 6) is -0.114. The molecule has 2 rings (SSSR count). The Kier molecular flexibility index (Phi) is 2.86. The number of carbonyl (C=O) groups excluding carboxylic acids is 1. The van der Waals surface area contributed by atoms with Crippen molar-refractivity contribution >= 4 is 22.6 Å². The van der Waals surface area contributed by atoms with E-state index in [1.165, 1.54) is 6.92 Å². The van der Waals surface area contributed by atoms with E-state index in [0.717, 1.165) is 11.0 Å². The number of benzene rings is 1. The van der Waals surface area contributed by atoms with Gasteiger partial charge in [0.25, 0.3) is 0 Å². The first kappa shape index (κ1) is 11.3. The molecule has 0 atom stereocenters. The average Bonchev–Trinajstić information content (AvgIpc) is 2.55. The lowest BCUT2D eigenvalue weighted by Gasteiger charge is -2.04. The molecule has 1 aromatic heterocycles. The number of H-pyrrole nitrogens is 1. The van der Waals surface area contributed by atoms with Crippen molar-refractivity contribution in [3.05, 3.63) is 28.7 Å². The van der Waals surface area contributed by atoms with E-state index in [-0.39, 0.29) is 11.6 Å². The fourth-order valence-electron chi connectivity index (χ4n) is 1.74. The van der Waals surface area contributed by atoms with Crippen LogP contribution >= 0.6 is 0 Å². The van der Waals surface area contributed by atoms with E-state index in [1.807, 2.05) is 0 Å². The number of aromatic nitrogens is 2. The molecule has 6 nitrogen and oxygen atoms in total. The van der Waals surface area contributed by atoms with Crippen molar-refractivity contribution in [1.29, 1.82) is 0 Å². The van der Waals surface area contributed by atoms with Gasteiger partial charge in [-0.1, -0.05) is 0 Å². The minimum atomic E-state index is -0.198. The molecule has 2 aromatic rings. The highest BCUT2D eigenvalue weighted by molar-refractivity contribution is 5.79. The Bertz CT molecular complexity index is 611. The summed E-state index contributed by atoms with van der Waals surface area (Å²) in [6.45, 7) is 2.27. The lowest BCUT2D eigenvalue weighted by Crippen LogP contribution is -2.28. The summed E-state index contributed by atoms with van der Waals surface area (Å²) in [6.07, 6.45) is 0. The van der Waals surface area contributed by atoms with Crippen LogP contribution in [-0.2, 0) is 11.3 Å². The summed E-state index contributed by atoms with van der Waals surface area (Å²) < 4.78 is 1.56. The third-order valence-electron chi connectivity index (χ3n) is 2.51. The third kappa shape index (κ3) is 2.30. The van der Waals surface area contributed by atoms with Gasteiger partial charge in [-0.25, -0.2) is 4.79 Å². The van der Waals surface area contributed by atoms with Gasteiger partial charge in [0.1, 0.15) is 0 Å². The number of imidazole rings is 1.